The number of hydrogen-bond acceptors (Lipinski definition) is 6. The molecule has 0 bridgehead atoms. The number of para-hydroxylation sites is 1. The molecule has 3 aromatic rings. The number of hydrogen-bond donors (Lipinski definition) is 0. The summed E-state index contributed by atoms with van der Waals surface area (Å²) in [6.45, 7) is 7.25. The van der Waals surface area contributed by atoms with Crippen molar-refractivity contribution in [1.82, 2.24) is 9.88 Å². The molecule has 30 heavy (non-hydrogen) atoms. The Morgan fingerprint density at radius 2 is 1.97 bits per heavy atom. The highest BCUT2D eigenvalue weighted by atomic mass is 32.1. The number of morpholine rings is 1. The van der Waals surface area contributed by atoms with Gasteiger partial charge in [-0.1, -0.05) is 47.7 Å². The summed E-state index contributed by atoms with van der Waals surface area (Å²) in [5, 5.41) is 0.728. The van der Waals surface area contributed by atoms with Gasteiger partial charge in [-0.15, -0.1) is 0 Å². The van der Waals surface area contributed by atoms with E-state index in [-0.39, 0.29) is 5.91 Å². The lowest BCUT2D eigenvalue weighted by Crippen LogP contribution is -2.43. The highest BCUT2D eigenvalue weighted by molar-refractivity contribution is 7.22. The first kappa shape index (κ1) is 20.8. The van der Waals surface area contributed by atoms with Gasteiger partial charge in [-0.3, -0.25) is 14.6 Å². The van der Waals surface area contributed by atoms with E-state index in [0.29, 0.717) is 19.6 Å². The van der Waals surface area contributed by atoms with Crippen molar-refractivity contribution in [2.24, 2.45) is 0 Å². The second-order valence-electron chi connectivity index (χ2n) is 7.19. The maximum atomic E-state index is 13.3. The van der Waals surface area contributed by atoms with Gasteiger partial charge in [-0.25, -0.2) is 4.98 Å². The lowest BCUT2D eigenvalue weighted by molar-refractivity contribution is -0.118. The molecule has 7 heteroatoms. The van der Waals surface area contributed by atoms with Crippen molar-refractivity contribution in [3.63, 3.8) is 0 Å². The zero-order chi connectivity index (χ0) is 20.8. The third-order valence-electron chi connectivity index (χ3n) is 5.14. The number of nitrogens with zero attached hydrogens (tertiary/aromatic N) is 3. The Hall–Kier alpha value is -2.48. The van der Waals surface area contributed by atoms with E-state index in [4.69, 9.17) is 14.5 Å². The van der Waals surface area contributed by atoms with Crippen molar-refractivity contribution < 1.29 is 14.3 Å². The number of aromatic nitrogens is 1. The summed E-state index contributed by atoms with van der Waals surface area (Å²) in [5.74, 6) is 0.826. The Morgan fingerprint density at radius 3 is 2.73 bits per heavy atom. The maximum Gasteiger partial charge on any atom is 0.233 e. The fourth-order valence-corrected chi connectivity index (χ4v) is 4.58. The first-order chi connectivity index (χ1) is 14.7. The lowest BCUT2D eigenvalue weighted by Gasteiger charge is -2.29. The number of amides is 1. The Morgan fingerprint density at radius 1 is 1.17 bits per heavy atom. The van der Waals surface area contributed by atoms with Gasteiger partial charge in [0.2, 0.25) is 5.91 Å². The predicted molar refractivity (Wildman–Crippen MR) is 121 cm³/mol. The summed E-state index contributed by atoms with van der Waals surface area (Å²) >= 11 is 1.54. The van der Waals surface area contributed by atoms with Crippen LogP contribution >= 0.6 is 11.3 Å². The molecular weight excluding hydrogens is 398 g/mol. The first-order valence-corrected chi connectivity index (χ1v) is 11.2. The van der Waals surface area contributed by atoms with Crippen LogP contribution in [0.1, 0.15) is 12.5 Å². The quantitative estimate of drug-likeness (QED) is 0.552. The van der Waals surface area contributed by atoms with Crippen molar-refractivity contribution in [2.45, 2.75) is 13.3 Å². The van der Waals surface area contributed by atoms with E-state index in [1.54, 1.807) is 11.3 Å². The summed E-state index contributed by atoms with van der Waals surface area (Å²) < 4.78 is 12.2. The number of thiazole rings is 1. The van der Waals surface area contributed by atoms with Gasteiger partial charge in [0.05, 0.1) is 30.9 Å². The average Bonchev–Trinajstić information content (AvgIpc) is 3.20. The fourth-order valence-electron chi connectivity index (χ4n) is 3.56. The van der Waals surface area contributed by atoms with E-state index in [9.17, 15) is 4.79 Å². The van der Waals surface area contributed by atoms with E-state index >= 15 is 0 Å². The highest BCUT2D eigenvalue weighted by Crippen LogP contribution is 2.34. The van der Waals surface area contributed by atoms with Crippen LogP contribution in [0.15, 0.2) is 48.5 Å². The van der Waals surface area contributed by atoms with E-state index in [2.05, 4.69) is 4.90 Å². The number of rotatable bonds is 8. The second kappa shape index (κ2) is 10.0. The van der Waals surface area contributed by atoms with Crippen molar-refractivity contribution in [3.8, 4) is 5.75 Å². The van der Waals surface area contributed by atoms with Crippen LogP contribution in [0.2, 0.25) is 0 Å². The molecule has 4 rings (SSSR count). The van der Waals surface area contributed by atoms with Gasteiger partial charge in [-0.05, 0) is 24.6 Å². The molecule has 0 radical (unpaired) electrons. The molecule has 0 atom stereocenters. The Labute approximate surface area is 181 Å². The number of fused-ring (bicyclic) bond motifs is 1. The number of ether oxygens (including phenoxy) is 2. The van der Waals surface area contributed by atoms with Crippen LogP contribution in [0.5, 0.6) is 5.75 Å². The molecule has 158 valence electrons. The zero-order valence-electron chi connectivity index (χ0n) is 17.3. The maximum absolute atomic E-state index is 13.3. The number of carbonyl (C=O) groups excluding carboxylic acids is 1. The van der Waals surface area contributed by atoms with Crippen LogP contribution in [0.3, 0.4) is 0 Å². The third kappa shape index (κ3) is 4.98. The molecule has 1 aromatic heterocycles. The van der Waals surface area contributed by atoms with Crippen LogP contribution < -0.4 is 9.64 Å². The summed E-state index contributed by atoms with van der Waals surface area (Å²) in [6, 6.07) is 15.8. The highest BCUT2D eigenvalue weighted by Gasteiger charge is 2.22. The molecule has 1 saturated heterocycles. The molecule has 0 spiro atoms. The monoisotopic (exact) mass is 425 g/mol. The van der Waals surface area contributed by atoms with Crippen molar-refractivity contribution in [2.75, 3.05) is 50.9 Å². The molecule has 0 N–H and O–H groups in total. The summed E-state index contributed by atoms with van der Waals surface area (Å²) in [4.78, 5) is 22.3. The van der Waals surface area contributed by atoms with E-state index in [1.807, 2.05) is 60.4 Å². The second-order valence-corrected chi connectivity index (χ2v) is 8.20. The fraction of sp³-hybridized carbons (Fsp3) is 0.391. The summed E-state index contributed by atoms with van der Waals surface area (Å²) in [5.41, 5.74) is 1.83. The topological polar surface area (TPSA) is 54.9 Å². The Kier molecular flexibility index (Phi) is 6.94. The van der Waals surface area contributed by atoms with Gasteiger partial charge in [0.25, 0.3) is 0 Å². The van der Waals surface area contributed by atoms with Crippen molar-refractivity contribution >= 4 is 32.6 Å². The van der Waals surface area contributed by atoms with Crippen LogP contribution in [0, 0.1) is 0 Å². The molecule has 1 aliphatic rings. The third-order valence-corrected chi connectivity index (χ3v) is 6.19. The van der Waals surface area contributed by atoms with Gasteiger partial charge in [0.15, 0.2) is 5.13 Å². The van der Waals surface area contributed by atoms with Gasteiger partial charge < -0.3 is 9.47 Å². The minimum Gasteiger partial charge on any atom is -0.492 e. The van der Waals surface area contributed by atoms with Crippen LogP contribution in [0.4, 0.5) is 5.13 Å². The molecule has 0 aliphatic carbocycles. The molecule has 1 aliphatic heterocycles. The Bertz CT molecular complexity index is 970. The summed E-state index contributed by atoms with van der Waals surface area (Å²) in [7, 11) is 0. The SMILES string of the molecule is CCOc1cccc2sc(N(CCN3CCOCC3)C(=O)Cc3ccccc3)nc12. The molecule has 6 nitrogen and oxygen atoms in total. The standard InChI is InChI=1S/C23H27N3O3S/c1-2-29-19-9-6-10-20-22(19)24-23(30-20)26(12-11-25-13-15-28-16-14-25)21(27)17-18-7-4-3-5-8-18/h3-10H,2,11-17H2,1H3. The van der Waals surface area contributed by atoms with E-state index in [0.717, 1.165) is 59.5 Å². The van der Waals surface area contributed by atoms with Crippen molar-refractivity contribution in [1.29, 1.82) is 0 Å². The molecular formula is C23H27N3O3S. The largest absolute Gasteiger partial charge is 0.492 e. The zero-order valence-corrected chi connectivity index (χ0v) is 18.1. The number of anilines is 1. The average molecular weight is 426 g/mol. The molecule has 2 aromatic carbocycles. The van der Waals surface area contributed by atoms with Crippen LogP contribution in [0.25, 0.3) is 10.2 Å². The minimum absolute atomic E-state index is 0.0616. The molecule has 2 heterocycles. The first-order valence-electron chi connectivity index (χ1n) is 10.4. The van der Waals surface area contributed by atoms with Crippen molar-refractivity contribution in [3.05, 3.63) is 54.1 Å². The minimum atomic E-state index is 0.0616. The predicted octanol–water partition coefficient (Wildman–Crippen LogP) is 3.60. The normalized spacial score (nSPS) is 14.7. The van der Waals surface area contributed by atoms with Gasteiger partial charge in [0, 0.05) is 26.2 Å². The number of benzene rings is 2. The summed E-state index contributed by atoms with van der Waals surface area (Å²) in [6.07, 6.45) is 0.359. The molecule has 0 unspecified atom stereocenters. The lowest BCUT2D eigenvalue weighted by atomic mass is 10.1. The Balaban J connectivity index is 1.59. The van der Waals surface area contributed by atoms with Gasteiger partial charge in [0.1, 0.15) is 11.3 Å². The molecule has 0 saturated carbocycles. The van der Waals surface area contributed by atoms with E-state index < -0.39 is 0 Å². The molecule has 1 fully saturated rings. The smallest absolute Gasteiger partial charge is 0.233 e. The van der Waals surface area contributed by atoms with Crippen LogP contribution in [-0.4, -0.2) is 61.8 Å². The molecule has 1 amide bonds. The van der Waals surface area contributed by atoms with Gasteiger partial charge in [-0.2, -0.15) is 0 Å². The van der Waals surface area contributed by atoms with E-state index in [1.165, 1.54) is 0 Å². The van der Waals surface area contributed by atoms with Crippen LogP contribution in [-0.2, 0) is 16.0 Å². The number of carbonyl (C=O) groups is 1. The van der Waals surface area contributed by atoms with Gasteiger partial charge >= 0.3 is 0 Å².